The number of unbranched alkanes of at least 4 members (excludes halogenated alkanes) is 32. The van der Waals surface area contributed by atoms with Crippen molar-refractivity contribution in [3.63, 3.8) is 0 Å². The van der Waals surface area contributed by atoms with Gasteiger partial charge in [0.2, 0.25) is 0 Å². The lowest BCUT2D eigenvalue weighted by molar-refractivity contribution is -0.167. The van der Waals surface area contributed by atoms with E-state index in [2.05, 4.69) is 41.5 Å². The van der Waals surface area contributed by atoms with Crippen LogP contribution in [0.4, 0.5) is 0 Å². The van der Waals surface area contributed by atoms with E-state index in [0.717, 1.165) is 75.5 Å². The SMILES string of the molecule is CC(C)CCCCCCCCCCCCCCCCCCC(=O)O[C@H](COC(=O)CCCCCCCCCCCCC(C)C)COC(=O)CCCCCCCCCCCC(C)C. The number of hydrogen-bond donors (Lipinski definition) is 0. The quantitative estimate of drug-likeness (QED) is 0.0344. The first-order chi connectivity index (χ1) is 30.1. The topological polar surface area (TPSA) is 78.9 Å². The maximum Gasteiger partial charge on any atom is 0.306 e. The molecule has 0 aromatic rings. The molecule has 0 saturated carbocycles. The van der Waals surface area contributed by atoms with Crippen LogP contribution in [0.15, 0.2) is 0 Å². The van der Waals surface area contributed by atoms with E-state index in [1.54, 1.807) is 0 Å². The molecule has 0 unspecified atom stereocenters. The molecule has 0 aliphatic rings. The lowest BCUT2D eigenvalue weighted by Crippen LogP contribution is -2.30. The second-order valence-electron chi connectivity index (χ2n) is 20.6. The van der Waals surface area contributed by atoms with Gasteiger partial charge in [0.25, 0.3) is 0 Å². The Bertz CT molecular complexity index is 960. The van der Waals surface area contributed by atoms with Crippen molar-refractivity contribution in [3.8, 4) is 0 Å². The highest BCUT2D eigenvalue weighted by Gasteiger charge is 2.19. The molecule has 6 heteroatoms. The van der Waals surface area contributed by atoms with Crippen molar-refractivity contribution < 1.29 is 28.6 Å². The van der Waals surface area contributed by atoms with Crippen LogP contribution in [0.1, 0.15) is 305 Å². The van der Waals surface area contributed by atoms with Gasteiger partial charge in [-0.05, 0) is 37.0 Å². The second kappa shape index (κ2) is 47.4. The van der Waals surface area contributed by atoms with Gasteiger partial charge in [-0.25, -0.2) is 0 Å². The zero-order valence-electron chi connectivity index (χ0n) is 42.7. The zero-order chi connectivity index (χ0) is 45.6. The highest BCUT2D eigenvalue weighted by atomic mass is 16.6. The van der Waals surface area contributed by atoms with Gasteiger partial charge in [-0.15, -0.1) is 0 Å². The molecule has 0 N–H and O–H groups in total. The van der Waals surface area contributed by atoms with Crippen molar-refractivity contribution in [1.82, 2.24) is 0 Å². The van der Waals surface area contributed by atoms with Crippen LogP contribution in [0.25, 0.3) is 0 Å². The van der Waals surface area contributed by atoms with Gasteiger partial charge >= 0.3 is 17.9 Å². The van der Waals surface area contributed by atoms with E-state index in [4.69, 9.17) is 14.2 Å². The summed E-state index contributed by atoms with van der Waals surface area (Å²) in [7, 11) is 0. The Hall–Kier alpha value is -1.59. The molecule has 0 aromatic heterocycles. The Morgan fingerprint density at radius 1 is 0.274 bits per heavy atom. The molecule has 0 bridgehead atoms. The molecule has 0 aromatic carbocycles. The van der Waals surface area contributed by atoms with Crippen molar-refractivity contribution >= 4 is 17.9 Å². The normalized spacial score (nSPS) is 12.1. The molecular weight excluding hydrogens is 769 g/mol. The molecule has 0 amide bonds. The Morgan fingerprint density at radius 3 is 0.694 bits per heavy atom. The van der Waals surface area contributed by atoms with E-state index < -0.39 is 6.10 Å². The van der Waals surface area contributed by atoms with Gasteiger partial charge in [0.05, 0.1) is 0 Å². The summed E-state index contributed by atoms with van der Waals surface area (Å²) < 4.78 is 16.8. The molecule has 0 radical (unpaired) electrons. The minimum absolute atomic E-state index is 0.0644. The highest BCUT2D eigenvalue weighted by molar-refractivity contribution is 5.71. The van der Waals surface area contributed by atoms with E-state index in [1.807, 2.05) is 0 Å². The summed E-state index contributed by atoms with van der Waals surface area (Å²) in [5.41, 5.74) is 0. The third-order valence-corrected chi connectivity index (χ3v) is 12.6. The molecule has 0 rings (SSSR count). The summed E-state index contributed by atoms with van der Waals surface area (Å²) in [6.45, 7) is 13.7. The zero-order valence-corrected chi connectivity index (χ0v) is 42.7. The molecule has 0 saturated heterocycles. The fraction of sp³-hybridized carbons (Fsp3) is 0.946. The second-order valence-corrected chi connectivity index (χ2v) is 20.6. The molecule has 368 valence electrons. The van der Waals surface area contributed by atoms with Gasteiger partial charge in [-0.3, -0.25) is 14.4 Å². The molecule has 6 nitrogen and oxygen atoms in total. The Balaban J connectivity index is 4.28. The fourth-order valence-electron chi connectivity index (χ4n) is 8.47. The number of rotatable bonds is 49. The smallest absolute Gasteiger partial charge is 0.306 e. The van der Waals surface area contributed by atoms with E-state index in [0.29, 0.717) is 19.3 Å². The summed E-state index contributed by atoms with van der Waals surface area (Å²) in [4.78, 5) is 38.0. The van der Waals surface area contributed by atoms with Gasteiger partial charge in [0.15, 0.2) is 6.10 Å². The Kier molecular flexibility index (Phi) is 46.2. The molecular formula is C56H108O6. The van der Waals surface area contributed by atoms with Crippen LogP contribution in [-0.4, -0.2) is 37.2 Å². The van der Waals surface area contributed by atoms with Crippen molar-refractivity contribution in [2.45, 2.75) is 311 Å². The van der Waals surface area contributed by atoms with Crippen LogP contribution in [0.2, 0.25) is 0 Å². The Morgan fingerprint density at radius 2 is 0.468 bits per heavy atom. The minimum atomic E-state index is -0.763. The molecule has 1 atom stereocenters. The number of carbonyl (C=O) groups excluding carboxylic acids is 3. The first-order valence-electron chi connectivity index (χ1n) is 27.6. The van der Waals surface area contributed by atoms with Crippen molar-refractivity contribution in [2.75, 3.05) is 13.2 Å². The van der Waals surface area contributed by atoms with E-state index in [9.17, 15) is 14.4 Å². The third-order valence-electron chi connectivity index (χ3n) is 12.6. The summed E-state index contributed by atoms with van der Waals surface area (Å²) >= 11 is 0. The van der Waals surface area contributed by atoms with Crippen LogP contribution in [-0.2, 0) is 28.6 Å². The summed E-state index contributed by atoms with van der Waals surface area (Å²) in [5.74, 6) is 1.63. The van der Waals surface area contributed by atoms with Gasteiger partial charge in [0, 0.05) is 19.3 Å². The molecule has 62 heavy (non-hydrogen) atoms. The van der Waals surface area contributed by atoms with Gasteiger partial charge in [-0.2, -0.15) is 0 Å². The largest absolute Gasteiger partial charge is 0.462 e. The lowest BCUT2D eigenvalue weighted by atomic mass is 10.0. The van der Waals surface area contributed by atoms with Crippen LogP contribution in [0.5, 0.6) is 0 Å². The first-order valence-corrected chi connectivity index (χ1v) is 27.6. The van der Waals surface area contributed by atoms with Crippen LogP contribution >= 0.6 is 0 Å². The van der Waals surface area contributed by atoms with Gasteiger partial charge in [-0.1, -0.05) is 266 Å². The maximum atomic E-state index is 12.8. The van der Waals surface area contributed by atoms with E-state index in [1.165, 1.54) is 186 Å². The molecule has 0 spiro atoms. The summed E-state index contributed by atoms with van der Waals surface area (Å²) in [6, 6.07) is 0. The predicted molar refractivity (Wildman–Crippen MR) is 266 cm³/mol. The average molecular weight is 877 g/mol. The maximum absolute atomic E-state index is 12.8. The van der Waals surface area contributed by atoms with Crippen LogP contribution < -0.4 is 0 Å². The number of ether oxygens (including phenoxy) is 3. The summed E-state index contributed by atoms with van der Waals surface area (Å²) in [6.07, 6.45) is 48.1. The van der Waals surface area contributed by atoms with Gasteiger partial charge < -0.3 is 14.2 Å². The molecule has 0 aliphatic heterocycles. The Labute approximate surface area is 387 Å². The van der Waals surface area contributed by atoms with Crippen LogP contribution in [0.3, 0.4) is 0 Å². The van der Waals surface area contributed by atoms with E-state index >= 15 is 0 Å². The molecule has 0 fully saturated rings. The van der Waals surface area contributed by atoms with Gasteiger partial charge in [0.1, 0.15) is 13.2 Å². The van der Waals surface area contributed by atoms with Crippen molar-refractivity contribution in [2.24, 2.45) is 17.8 Å². The van der Waals surface area contributed by atoms with Crippen molar-refractivity contribution in [1.29, 1.82) is 0 Å². The number of hydrogen-bond acceptors (Lipinski definition) is 6. The standard InChI is InChI=1S/C56H108O6/c1-50(2)42-36-30-24-18-13-11-9-7-8-10-12-14-22-29-35-41-47-56(59)62-53(49-61-55(58)46-40-34-28-23-17-20-26-32-38-44-52(5)6)48-60-54(57)45-39-33-27-21-16-15-19-25-31-37-43-51(3)4/h50-53H,7-49H2,1-6H3/t53-/m1/s1. The lowest BCUT2D eigenvalue weighted by Gasteiger charge is -2.18. The molecule has 0 heterocycles. The number of carbonyl (C=O) groups is 3. The predicted octanol–water partition coefficient (Wildman–Crippen LogP) is 17.9. The number of esters is 3. The highest BCUT2D eigenvalue weighted by Crippen LogP contribution is 2.18. The summed E-state index contributed by atoms with van der Waals surface area (Å²) in [5, 5.41) is 0. The monoisotopic (exact) mass is 877 g/mol. The fourth-order valence-corrected chi connectivity index (χ4v) is 8.47. The molecule has 0 aliphatic carbocycles. The average Bonchev–Trinajstić information content (AvgIpc) is 3.23. The van der Waals surface area contributed by atoms with Crippen molar-refractivity contribution in [3.05, 3.63) is 0 Å². The third kappa shape index (κ3) is 49.4. The first kappa shape index (κ1) is 60.4. The van der Waals surface area contributed by atoms with E-state index in [-0.39, 0.29) is 31.1 Å². The van der Waals surface area contributed by atoms with Crippen LogP contribution in [0, 0.1) is 17.8 Å². The minimum Gasteiger partial charge on any atom is -0.462 e.